The van der Waals surface area contributed by atoms with Crippen LogP contribution in [0.1, 0.15) is 83.7 Å². The quantitative estimate of drug-likeness (QED) is 0.173. The van der Waals surface area contributed by atoms with Gasteiger partial charge in [0.25, 0.3) is 0 Å². The molecule has 0 bridgehead atoms. The van der Waals surface area contributed by atoms with Gasteiger partial charge in [0.15, 0.2) is 8.32 Å². The summed E-state index contributed by atoms with van der Waals surface area (Å²) in [5.41, 5.74) is 2.91. The van der Waals surface area contributed by atoms with E-state index in [0.717, 1.165) is 5.56 Å². The molecule has 5 heteroatoms. The molecule has 0 saturated heterocycles. The van der Waals surface area contributed by atoms with Crippen LogP contribution in [0.15, 0.2) is 91.0 Å². The van der Waals surface area contributed by atoms with E-state index in [2.05, 4.69) is 118 Å². The molecule has 3 aromatic carbocycles. The predicted molar refractivity (Wildman–Crippen MR) is 169 cm³/mol. The molecular weight excluding hydrogens is 510 g/mol. The minimum atomic E-state index is -2.24. The van der Waals surface area contributed by atoms with E-state index in [9.17, 15) is 4.79 Å². The van der Waals surface area contributed by atoms with Gasteiger partial charge < -0.3 is 9.16 Å². The Balaban J connectivity index is 2.20. The summed E-state index contributed by atoms with van der Waals surface area (Å²) < 4.78 is 13.2. The molecule has 0 aromatic heterocycles. The van der Waals surface area contributed by atoms with Crippen LogP contribution in [-0.4, -0.2) is 30.8 Å². The Labute approximate surface area is 243 Å². The van der Waals surface area contributed by atoms with Gasteiger partial charge in [0.2, 0.25) is 0 Å². The molecule has 0 saturated carbocycles. The molecule has 0 heterocycles. The Morgan fingerprint density at radius 2 is 1.25 bits per heavy atom. The molecule has 0 radical (unpaired) electrons. The number of carbonyl (C=O) groups is 1. The van der Waals surface area contributed by atoms with Gasteiger partial charge in [-0.2, -0.15) is 0 Å². The van der Waals surface area contributed by atoms with Gasteiger partial charge in [0.1, 0.15) is 5.60 Å². The van der Waals surface area contributed by atoms with E-state index in [0.29, 0.717) is 6.54 Å². The number of carbonyl (C=O) groups excluding carboxylic acids is 1. The lowest BCUT2D eigenvalue weighted by atomic mass is 9.94. The van der Waals surface area contributed by atoms with Gasteiger partial charge >= 0.3 is 5.97 Å². The van der Waals surface area contributed by atoms with Gasteiger partial charge in [-0.1, -0.05) is 112 Å². The number of rotatable bonds is 11. The van der Waals surface area contributed by atoms with Crippen LogP contribution in [0.4, 0.5) is 0 Å². The number of esters is 1. The number of hydrogen-bond acceptors (Lipinski definition) is 4. The van der Waals surface area contributed by atoms with Crippen molar-refractivity contribution in [2.75, 3.05) is 0 Å². The Hall–Kier alpha value is -2.73. The summed E-state index contributed by atoms with van der Waals surface area (Å²) in [7, 11) is -2.24. The van der Waals surface area contributed by atoms with Gasteiger partial charge in [-0.3, -0.25) is 9.69 Å². The van der Waals surface area contributed by atoms with Crippen LogP contribution in [0.5, 0.6) is 0 Å². The third-order valence-corrected chi connectivity index (χ3v) is 12.4. The van der Waals surface area contributed by atoms with Crippen molar-refractivity contribution in [1.29, 1.82) is 0 Å². The normalized spacial score (nSPS) is 14.9. The molecule has 0 unspecified atom stereocenters. The molecule has 3 atom stereocenters. The van der Waals surface area contributed by atoms with E-state index in [1.807, 2.05) is 39.0 Å². The summed E-state index contributed by atoms with van der Waals surface area (Å²) in [5.74, 6) is -0.212. The Bertz CT molecular complexity index is 1180. The monoisotopic (exact) mass is 559 g/mol. The summed E-state index contributed by atoms with van der Waals surface area (Å²) >= 11 is 0. The van der Waals surface area contributed by atoms with Crippen LogP contribution in [-0.2, 0) is 20.5 Å². The van der Waals surface area contributed by atoms with Gasteiger partial charge in [0.05, 0.1) is 18.6 Å². The van der Waals surface area contributed by atoms with Crippen molar-refractivity contribution in [3.8, 4) is 0 Å². The van der Waals surface area contributed by atoms with Crippen LogP contribution >= 0.6 is 0 Å². The van der Waals surface area contributed by atoms with E-state index in [1.165, 1.54) is 11.1 Å². The summed E-state index contributed by atoms with van der Waals surface area (Å²) in [6.07, 6.45) is -0.0976. The highest BCUT2D eigenvalue weighted by Crippen LogP contribution is 2.43. The van der Waals surface area contributed by atoms with E-state index in [4.69, 9.17) is 9.16 Å². The molecular formula is C35H49NO3Si. The second-order valence-electron chi connectivity index (χ2n) is 13.3. The first kappa shape index (κ1) is 31.8. The number of hydrogen-bond donors (Lipinski definition) is 0. The minimum Gasteiger partial charge on any atom is -0.460 e. The zero-order valence-corrected chi connectivity index (χ0v) is 27.0. The van der Waals surface area contributed by atoms with Crippen LogP contribution < -0.4 is 0 Å². The molecule has 40 heavy (non-hydrogen) atoms. The SMILES string of the molecule is C[C@@H](c1ccccc1)N(Cc1ccccc1)[C@H](CC(=O)OC(C)(C)C)[C@@H](O[Si](C)(C)C(C)(C)C)c1ccccc1. The summed E-state index contributed by atoms with van der Waals surface area (Å²) in [6.45, 7) is 20.0. The fourth-order valence-corrected chi connectivity index (χ4v) is 6.00. The average molecular weight is 560 g/mol. The zero-order chi connectivity index (χ0) is 29.6. The highest BCUT2D eigenvalue weighted by Gasteiger charge is 2.44. The van der Waals surface area contributed by atoms with Crippen molar-refractivity contribution in [2.24, 2.45) is 0 Å². The maximum atomic E-state index is 13.6. The molecule has 3 rings (SSSR count). The smallest absolute Gasteiger partial charge is 0.308 e. The fraction of sp³-hybridized carbons (Fsp3) is 0.457. The van der Waals surface area contributed by atoms with Crippen molar-refractivity contribution < 1.29 is 14.0 Å². The third kappa shape index (κ3) is 8.89. The first-order valence-electron chi connectivity index (χ1n) is 14.5. The maximum Gasteiger partial charge on any atom is 0.308 e. The van der Waals surface area contributed by atoms with E-state index >= 15 is 0 Å². The molecule has 3 aromatic rings. The highest BCUT2D eigenvalue weighted by molar-refractivity contribution is 6.74. The fourth-order valence-electron chi connectivity index (χ4n) is 4.72. The lowest BCUT2D eigenvalue weighted by Gasteiger charge is -2.46. The number of benzene rings is 3. The summed E-state index contributed by atoms with van der Waals surface area (Å²) in [5, 5.41) is 0.00576. The predicted octanol–water partition coefficient (Wildman–Crippen LogP) is 9.11. The zero-order valence-electron chi connectivity index (χ0n) is 26.0. The van der Waals surface area contributed by atoms with E-state index in [-0.39, 0.29) is 35.6 Å². The number of nitrogens with zero attached hydrogens (tertiary/aromatic N) is 1. The topological polar surface area (TPSA) is 38.8 Å². The summed E-state index contributed by atoms with van der Waals surface area (Å²) in [4.78, 5) is 16.0. The maximum absolute atomic E-state index is 13.6. The second-order valence-corrected chi connectivity index (χ2v) is 18.1. The molecule has 0 aliphatic rings. The van der Waals surface area contributed by atoms with Crippen molar-refractivity contribution in [3.05, 3.63) is 108 Å². The van der Waals surface area contributed by atoms with Gasteiger partial charge in [-0.15, -0.1) is 0 Å². The molecule has 0 fully saturated rings. The lowest BCUT2D eigenvalue weighted by molar-refractivity contribution is -0.158. The minimum absolute atomic E-state index is 0.00576. The van der Waals surface area contributed by atoms with Crippen molar-refractivity contribution in [1.82, 2.24) is 4.90 Å². The molecule has 0 amide bonds. The van der Waals surface area contributed by atoms with E-state index in [1.54, 1.807) is 0 Å². The average Bonchev–Trinajstić information content (AvgIpc) is 2.89. The molecule has 0 aliphatic carbocycles. The standard InChI is InChI=1S/C35H49NO3Si/c1-27(29-21-15-11-16-22-29)36(26-28-19-13-10-14-20-28)31(25-32(37)38-34(2,3)4)33(30-23-17-12-18-24-30)39-40(8,9)35(5,6)7/h10-24,27,31,33H,25-26H2,1-9H3/t27-,31+,33-/m0/s1. The molecule has 0 aliphatic heterocycles. The Morgan fingerprint density at radius 3 is 1.73 bits per heavy atom. The Morgan fingerprint density at radius 1 is 0.775 bits per heavy atom. The first-order valence-corrected chi connectivity index (χ1v) is 17.4. The Kier molecular flexibility index (Phi) is 10.6. The van der Waals surface area contributed by atoms with E-state index < -0.39 is 13.9 Å². The first-order chi connectivity index (χ1) is 18.7. The lowest BCUT2D eigenvalue weighted by Crippen LogP contribution is -2.49. The van der Waals surface area contributed by atoms with Crippen LogP contribution in [0, 0.1) is 0 Å². The van der Waals surface area contributed by atoms with Crippen LogP contribution in [0.25, 0.3) is 0 Å². The largest absolute Gasteiger partial charge is 0.460 e. The number of ether oxygens (including phenoxy) is 1. The van der Waals surface area contributed by atoms with Gasteiger partial charge in [-0.05, 0) is 62.5 Å². The molecule has 4 nitrogen and oxygen atoms in total. The van der Waals surface area contributed by atoms with Crippen molar-refractivity contribution in [3.63, 3.8) is 0 Å². The summed E-state index contributed by atoms with van der Waals surface area (Å²) in [6, 6.07) is 31.2. The molecule has 0 N–H and O–H groups in total. The van der Waals surface area contributed by atoms with Crippen molar-refractivity contribution in [2.45, 2.75) is 103 Å². The molecule has 216 valence electrons. The second kappa shape index (κ2) is 13.3. The third-order valence-electron chi connectivity index (χ3n) is 7.91. The van der Waals surface area contributed by atoms with Crippen molar-refractivity contribution >= 4 is 14.3 Å². The molecule has 0 spiro atoms. The van der Waals surface area contributed by atoms with Crippen LogP contribution in [0.2, 0.25) is 18.1 Å². The highest BCUT2D eigenvalue weighted by atomic mass is 28.4. The van der Waals surface area contributed by atoms with Gasteiger partial charge in [0, 0.05) is 12.6 Å². The van der Waals surface area contributed by atoms with Gasteiger partial charge in [-0.25, -0.2) is 0 Å². The van der Waals surface area contributed by atoms with Crippen LogP contribution in [0.3, 0.4) is 0 Å².